The van der Waals surface area contributed by atoms with Crippen molar-refractivity contribution in [3.8, 4) is 5.75 Å². The van der Waals surface area contributed by atoms with Crippen LogP contribution in [0, 0.1) is 13.8 Å². The van der Waals surface area contributed by atoms with Gasteiger partial charge in [0, 0.05) is 12.2 Å². The second-order valence-electron chi connectivity index (χ2n) is 6.29. The number of anilines is 1. The number of ether oxygens (including phenoxy) is 1. The first-order chi connectivity index (χ1) is 12.0. The number of nitrogens with zero attached hydrogens (tertiary/aromatic N) is 1. The zero-order valence-corrected chi connectivity index (χ0v) is 15.0. The average molecular weight is 342 g/mol. The Kier molecular flexibility index (Phi) is 6.98. The molecule has 0 saturated heterocycles. The number of nitrogens with one attached hydrogen (secondary N) is 1. The minimum atomic E-state index is -0.668. The number of hydrogen-bond donors (Lipinski definition) is 2. The van der Waals surface area contributed by atoms with E-state index in [1.807, 2.05) is 62.4 Å². The maximum Gasteiger partial charge on any atom is 0.238 e. The quantitative estimate of drug-likeness (QED) is 0.774. The number of hydrogen-bond acceptors (Lipinski definition) is 4. The lowest BCUT2D eigenvalue weighted by atomic mass is 10.1. The molecule has 5 nitrogen and oxygen atoms in total. The topological polar surface area (TPSA) is 61.8 Å². The van der Waals surface area contributed by atoms with E-state index < -0.39 is 6.10 Å². The molecule has 0 spiro atoms. The molecule has 0 bridgehead atoms. The Labute approximate surface area is 149 Å². The van der Waals surface area contributed by atoms with Crippen molar-refractivity contribution in [3.05, 3.63) is 59.7 Å². The summed E-state index contributed by atoms with van der Waals surface area (Å²) in [5.41, 5.74) is 2.92. The first-order valence-corrected chi connectivity index (χ1v) is 8.36. The van der Waals surface area contributed by atoms with E-state index in [9.17, 15) is 9.90 Å². The highest BCUT2D eigenvalue weighted by atomic mass is 16.5. The van der Waals surface area contributed by atoms with Crippen LogP contribution < -0.4 is 10.1 Å². The minimum Gasteiger partial charge on any atom is -0.491 e. The van der Waals surface area contributed by atoms with Gasteiger partial charge in [0.05, 0.1) is 6.54 Å². The molecule has 0 saturated carbocycles. The van der Waals surface area contributed by atoms with Crippen LogP contribution in [0.15, 0.2) is 48.5 Å². The lowest BCUT2D eigenvalue weighted by Gasteiger charge is -2.21. The molecule has 5 heteroatoms. The number of benzene rings is 2. The molecule has 0 aliphatic heterocycles. The Balaban J connectivity index is 1.77. The molecule has 0 aliphatic carbocycles. The van der Waals surface area contributed by atoms with Crippen molar-refractivity contribution in [1.29, 1.82) is 0 Å². The molecule has 2 aromatic carbocycles. The molecule has 134 valence electrons. The highest BCUT2D eigenvalue weighted by Crippen LogP contribution is 2.19. The number of carbonyl (C=O) groups is 1. The fourth-order valence-corrected chi connectivity index (χ4v) is 2.62. The predicted molar refractivity (Wildman–Crippen MR) is 100.0 cm³/mol. The number of para-hydroxylation sites is 2. The van der Waals surface area contributed by atoms with Gasteiger partial charge in [0.25, 0.3) is 0 Å². The van der Waals surface area contributed by atoms with E-state index in [0.29, 0.717) is 6.54 Å². The summed E-state index contributed by atoms with van der Waals surface area (Å²) < 4.78 is 5.52. The van der Waals surface area contributed by atoms with E-state index in [4.69, 9.17) is 4.74 Å². The third kappa shape index (κ3) is 6.21. The molecular formula is C20H26N2O3. The van der Waals surface area contributed by atoms with Crippen LogP contribution in [0.1, 0.15) is 11.1 Å². The van der Waals surface area contributed by atoms with Gasteiger partial charge < -0.3 is 15.2 Å². The second-order valence-corrected chi connectivity index (χ2v) is 6.29. The first-order valence-electron chi connectivity index (χ1n) is 8.36. The SMILES string of the molecule is Cc1cccc(C)c1NC(=O)CN(C)CC(O)COc1ccccc1. The normalized spacial score (nSPS) is 12.0. The number of aliphatic hydroxyl groups excluding tert-OH is 1. The fraction of sp³-hybridized carbons (Fsp3) is 0.350. The van der Waals surface area contributed by atoms with E-state index in [0.717, 1.165) is 22.6 Å². The molecule has 0 fully saturated rings. The van der Waals surface area contributed by atoms with Gasteiger partial charge in [0.1, 0.15) is 18.5 Å². The van der Waals surface area contributed by atoms with Crippen LogP contribution in [-0.2, 0) is 4.79 Å². The van der Waals surface area contributed by atoms with Crippen molar-refractivity contribution in [2.75, 3.05) is 32.1 Å². The molecule has 1 atom stereocenters. The maximum atomic E-state index is 12.2. The third-order valence-electron chi connectivity index (χ3n) is 3.87. The molecule has 1 amide bonds. The lowest BCUT2D eigenvalue weighted by Crippen LogP contribution is -2.38. The Morgan fingerprint density at radius 1 is 1.12 bits per heavy atom. The molecule has 2 N–H and O–H groups in total. The van der Waals surface area contributed by atoms with Gasteiger partial charge in [-0.1, -0.05) is 36.4 Å². The monoisotopic (exact) mass is 342 g/mol. The largest absolute Gasteiger partial charge is 0.491 e. The van der Waals surface area contributed by atoms with Gasteiger partial charge in [-0.05, 0) is 44.2 Å². The summed E-state index contributed by atoms with van der Waals surface area (Å²) in [4.78, 5) is 14.0. The van der Waals surface area contributed by atoms with E-state index in [-0.39, 0.29) is 19.1 Å². The fourth-order valence-electron chi connectivity index (χ4n) is 2.62. The molecule has 0 radical (unpaired) electrons. The molecule has 2 rings (SSSR count). The highest BCUT2D eigenvalue weighted by Gasteiger charge is 2.13. The summed E-state index contributed by atoms with van der Waals surface area (Å²) in [6.07, 6.45) is -0.668. The third-order valence-corrected chi connectivity index (χ3v) is 3.87. The highest BCUT2D eigenvalue weighted by molar-refractivity contribution is 5.93. The summed E-state index contributed by atoms with van der Waals surface area (Å²) in [6.45, 7) is 4.68. The Bertz CT molecular complexity index is 668. The summed E-state index contributed by atoms with van der Waals surface area (Å²) in [5.74, 6) is 0.619. The van der Waals surface area contributed by atoms with Crippen LogP contribution >= 0.6 is 0 Å². The molecule has 0 aromatic heterocycles. The number of aryl methyl sites for hydroxylation is 2. The van der Waals surface area contributed by atoms with Crippen LogP contribution in [0.5, 0.6) is 5.75 Å². The van der Waals surface area contributed by atoms with Gasteiger partial charge >= 0.3 is 0 Å². The molecule has 0 aliphatic rings. The first kappa shape index (κ1) is 19.0. The molecule has 2 aromatic rings. The van der Waals surface area contributed by atoms with Crippen molar-refractivity contribution in [1.82, 2.24) is 4.90 Å². The standard InChI is InChI=1S/C20H26N2O3/c1-15-8-7-9-16(2)20(15)21-19(24)13-22(3)12-17(23)14-25-18-10-5-4-6-11-18/h4-11,17,23H,12-14H2,1-3H3,(H,21,24). The summed E-state index contributed by atoms with van der Waals surface area (Å²) >= 11 is 0. The van der Waals surface area contributed by atoms with Gasteiger partial charge in [-0.25, -0.2) is 0 Å². The van der Waals surface area contributed by atoms with Gasteiger partial charge in [0.15, 0.2) is 0 Å². The van der Waals surface area contributed by atoms with Crippen LogP contribution in [-0.4, -0.2) is 48.8 Å². The van der Waals surface area contributed by atoms with Gasteiger partial charge in [-0.3, -0.25) is 9.69 Å². The molecule has 25 heavy (non-hydrogen) atoms. The average Bonchev–Trinajstić information content (AvgIpc) is 2.57. The van der Waals surface area contributed by atoms with Crippen molar-refractivity contribution >= 4 is 11.6 Å². The second kappa shape index (κ2) is 9.20. The minimum absolute atomic E-state index is 0.101. The van der Waals surface area contributed by atoms with E-state index in [2.05, 4.69) is 5.32 Å². The lowest BCUT2D eigenvalue weighted by molar-refractivity contribution is -0.117. The van der Waals surface area contributed by atoms with Crippen molar-refractivity contribution in [3.63, 3.8) is 0 Å². The molecular weight excluding hydrogens is 316 g/mol. The van der Waals surface area contributed by atoms with Gasteiger partial charge in [-0.15, -0.1) is 0 Å². The number of aliphatic hydroxyl groups is 1. The Morgan fingerprint density at radius 3 is 2.40 bits per heavy atom. The maximum absolute atomic E-state index is 12.2. The predicted octanol–water partition coefficient (Wildman–Crippen LogP) is 2.61. The summed E-state index contributed by atoms with van der Waals surface area (Å²) in [5, 5.41) is 13.0. The summed E-state index contributed by atoms with van der Waals surface area (Å²) in [6, 6.07) is 15.3. The zero-order chi connectivity index (χ0) is 18.2. The van der Waals surface area contributed by atoms with Crippen molar-refractivity contribution < 1.29 is 14.6 Å². The van der Waals surface area contributed by atoms with Crippen LogP contribution in [0.2, 0.25) is 0 Å². The van der Waals surface area contributed by atoms with Gasteiger partial charge in [-0.2, -0.15) is 0 Å². The van der Waals surface area contributed by atoms with E-state index in [1.165, 1.54) is 0 Å². The zero-order valence-electron chi connectivity index (χ0n) is 15.0. The van der Waals surface area contributed by atoms with E-state index >= 15 is 0 Å². The van der Waals surface area contributed by atoms with Crippen molar-refractivity contribution in [2.24, 2.45) is 0 Å². The molecule has 0 heterocycles. The Morgan fingerprint density at radius 2 is 1.76 bits per heavy atom. The van der Waals surface area contributed by atoms with E-state index in [1.54, 1.807) is 11.9 Å². The van der Waals surface area contributed by atoms with Gasteiger partial charge in [0.2, 0.25) is 5.91 Å². The van der Waals surface area contributed by atoms with Crippen molar-refractivity contribution in [2.45, 2.75) is 20.0 Å². The number of amides is 1. The van der Waals surface area contributed by atoms with Crippen LogP contribution in [0.4, 0.5) is 5.69 Å². The number of likely N-dealkylation sites (N-methyl/N-ethyl adjacent to an activating group) is 1. The number of carbonyl (C=O) groups excluding carboxylic acids is 1. The number of rotatable bonds is 8. The summed E-state index contributed by atoms with van der Waals surface area (Å²) in [7, 11) is 1.80. The smallest absolute Gasteiger partial charge is 0.238 e. The van der Waals surface area contributed by atoms with Crippen LogP contribution in [0.25, 0.3) is 0 Å². The Hall–Kier alpha value is -2.37. The van der Waals surface area contributed by atoms with Crippen LogP contribution in [0.3, 0.4) is 0 Å². The molecule has 1 unspecified atom stereocenters.